The van der Waals surface area contributed by atoms with Gasteiger partial charge >= 0.3 is 5.97 Å². The number of carbonyl (C=O) groups is 2. The molecular weight excluding hydrogens is 338 g/mol. The van der Waals surface area contributed by atoms with Gasteiger partial charge in [0.15, 0.2) is 6.61 Å². The number of aliphatic carboxylic acids is 1. The standard InChI is InChI=1S/C15H18BrNO4/c16-11-5-7-12(8-6-11)21-10-14(18)17-9-3-1-2-4-13(17)15(19)20/h5-8,13H,1-4,9-10H2,(H,19,20). The van der Waals surface area contributed by atoms with Gasteiger partial charge in [0.2, 0.25) is 0 Å². The maximum atomic E-state index is 12.2. The molecule has 0 bridgehead atoms. The van der Waals surface area contributed by atoms with Gasteiger partial charge in [-0.1, -0.05) is 28.8 Å². The van der Waals surface area contributed by atoms with Gasteiger partial charge in [-0.05, 0) is 37.1 Å². The molecule has 1 fully saturated rings. The third kappa shape index (κ3) is 4.46. The lowest BCUT2D eigenvalue weighted by atomic mass is 10.1. The van der Waals surface area contributed by atoms with Crippen molar-refractivity contribution in [2.75, 3.05) is 13.2 Å². The first-order valence-corrected chi connectivity index (χ1v) is 7.78. The number of carbonyl (C=O) groups excluding carboxylic acids is 1. The Morgan fingerprint density at radius 3 is 2.62 bits per heavy atom. The lowest BCUT2D eigenvalue weighted by Gasteiger charge is -2.26. The average molecular weight is 356 g/mol. The highest BCUT2D eigenvalue weighted by Crippen LogP contribution is 2.19. The summed E-state index contributed by atoms with van der Waals surface area (Å²) in [7, 11) is 0. The number of likely N-dealkylation sites (tertiary alicyclic amines) is 1. The first-order chi connectivity index (χ1) is 10.1. The number of rotatable bonds is 4. The van der Waals surface area contributed by atoms with Crippen molar-refractivity contribution in [2.24, 2.45) is 0 Å². The van der Waals surface area contributed by atoms with Crippen molar-refractivity contribution < 1.29 is 19.4 Å². The van der Waals surface area contributed by atoms with E-state index in [-0.39, 0.29) is 12.5 Å². The highest BCUT2D eigenvalue weighted by molar-refractivity contribution is 9.10. The molecule has 5 nitrogen and oxygen atoms in total. The number of ether oxygens (including phenoxy) is 1. The zero-order chi connectivity index (χ0) is 15.2. The van der Waals surface area contributed by atoms with Crippen LogP contribution in [0.25, 0.3) is 0 Å². The minimum absolute atomic E-state index is 0.134. The number of halogens is 1. The quantitative estimate of drug-likeness (QED) is 0.901. The first kappa shape index (κ1) is 15.8. The molecule has 1 aromatic carbocycles. The zero-order valence-corrected chi connectivity index (χ0v) is 13.2. The van der Waals surface area contributed by atoms with Crippen molar-refractivity contribution in [3.63, 3.8) is 0 Å². The molecule has 0 radical (unpaired) electrons. The van der Waals surface area contributed by atoms with Gasteiger partial charge < -0.3 is 14.7 Å². The van der Waals surface area contributed by atoms with E-state index in [2.05, 4.69) is 15.9 Å². The van der Waals surface area contributed by atoms with E-state index in [1.54, 1.807) is 12.1 Å². The molecule has 21 heavy (non-hydrogen) atoms. The van der Waals surface area contributed by atoms with Gasteiger partial charge in [0, 0.05) is 11.0 Å². The van der Waals surface area contributed by atoms with Crippen molar-refractivity contribution >= 4 is 27.8 Å². The summed E-state index contributed by atoms with van der Waals surface area (Å²) >= 11 is 3.32. The number of nitrogens with zero attached hydrogens (tertiary/aromatic N) is 1. The Morgan fingerprint density at radius 2 is 1.95 bits per heavy atom. The Kier molecular flexibility index (Phi) is 5.61. The third-order valence-corrected chi connectivity index (χ3v) is 4.06. The van der Waals surface area contributed by atoms with Crippen LogP contribution in [0.1, 0.15) is 25.7 Å². The summed E-state index contributed by atoms with van der Waals surface area (Å²) < 4.78 is 6.37. The van der Waals surface area contributed by atoms with Gasteiger partial charge in [0.25, 0.3) is 5.91 Å². The van der Waals surface area contributed by atoms with E-state index in [1.165, 1.54) is 4.90 Å². The van der Waals surface area contributed by atoms with Crippen molar-refractivity contribution in [3.8, 4) is 5.75 Å². The highest BCUT2D eigenvalue weighted by Gasteiger charge is 2.30. The van der Waals surface area contributed by atoms with E-state index in [4.69, 9.17) is 4.74 Å². The molecule has 0 aliphatic carbocycles. The van der Waals surface area contributed by atoms with Crippen LogP contribution in [-0.2, 0) is 9.59 Å². The van der Waals surface area contributed by atoms with Gasteiger partial charge in [-0.3, -0.25) is 4.79 Å². The average Bonchev–Trinajstić information content (AvgIpc) is 2.72. The largest absolute Gasteiger partial charge is 0.484 e. The van der Waals surface area contributed by atoms with Crippen molar-refractivity contribution in [1.29, 1.82) is 0 Å². The fourth-order valence-corrected chi connectivity index (χ4v) is 2.69. The number of amides is 1. The Bertz CT molecular complexity index is 503. The summed E-state index contributed by atoms with van der Waals surface area (Å²) in [5, 5.41) is 9.26. The van der Waals surface area contributed by atoms with Crippen LogP contribution in [0, 0.1) is 0 Å². The number of carboxylic acids is 1. The Hall–Kier alpha value is -1.56. The van der Waals surface area contributed by atoms with Crippen LogP contribution in [0.5, 0.6) is 5.75 Å². The van der Waals surface area contributed by atoms with Crippen molar-refractivity contribution in [1.82, 2.24) is 4.90 Å². The number of hydrogen-bond acceptors (Lipinski definition) is 3. The molecule has 0 saturated carbocycles. The lowest BCUT2D eigenvalue weighted by molar-refractivity contribution is -0.151. The van der Waals surface area contributed by atoms with Crippen LogP contribution in [0.3, 0.4) is 0 Å². The molecule has 1 aliphatic heterocycles. The maximum Gasteiger partial charge on any atom is 0.326 e. The van der Waals surface area contributed by atoms with Gasteiger partial charge in [-0.25, -0.2) is 4.79 Å². The second kappa shape index (κ2) is 7.45. The van der Waals surface area contributed by atoms with Gasteiger partial charge in [-0.15, -0.1) is 0 Å². The third-order valence-electron chi connectivity index (χ3n) is 3.53. The van der Waals surface area contributed by atoms with E-state index in [0.29, 0.717) is 18.7 Å². The molecule has 0 spiro atoms. The smallest absolute Gasteiger partial charge is 0.326 e. The molecule has 1 amide bonds. The predicted molar refractivity (Wildman–Crippen MR) is 81.2 cm³/mol. The number of benzene rings is 1. The number of hydrogen-bond donors (Lipinski definition) is 1. The minimum atomic E-state index is -0.936. The van der Waals surface area contributed by atoms with Crippen LogP contribution < -0.4 is 4.74 Å². The molecule has 1 N–H and O–H groups in total. The molecule has 1 aromatic rings. The summed E-state index contributed by atoms with van der Waals surface area (Å²) in [6.45, 7) is 0.352. The fraction of sp³-hybridized carbons (Fsp3) is 0.467. The van der Waals surface area contributed by atoms with E-state index >= 15 is 0 Å². The zero-order valence-electron chi connectivity index (χ0n) is 11.6. The van der Waals surface area contributed by atoms with Gasteiger partial charge in [0.05, 0.1) is 0 Å². The van der Waals surface area contributed by atoms with Crippen LogP contribution in [0.15, 0.2) is 28.7 Å². The minimum Gasteiger partial charge on any atom is -0.484 e. The summed E-state index contributed by atoms with van der Waals surface area (Å²) in [5.74, 6) is -0.616. The molecule has 114 valence electrons. The van der Waals surface area contributed by atoms with E-state index in [1.807, 2.05) is 12.1 Å². The maximum absolute atomic E-state index is 12.2. The molecule has 6 heteroatoms. The Labute approximate surface area is 132 Å². The highest BCUT2D eigenvalue weighted by atomic mass is 79.9. The molecule has 2 rings (SSSR count). The molecule has 1 unspecified atom stereocenters. The molecule has 0 aromatic heterocycles. The molecular formula is C15H18BrNO4. The van der Waals surface area contributed by atoms with Crippen LogP contribution in [0.4, 0.5) is 0 Å². The second-order valence-electron chi connectivity index (χ2n) is 5.03. The molecule has 1 aliphatic rings. The molecule has 1 saturated heterocycles. The lowest BCUT2D eigenvalue weighted by Crippen LogP contribution is -2.46. The summed E-state index contributed by atoms with van der Waals surface area (Å²) in [5.41, 5.74) is 0. The van der Waals surface area contributed by atoms with Crippen LogP contribution in [0.2, 0.25) is 0 Å². The van der Waals surface area contributed by atoms with E-state index < -0.39 is 12.0 Å². The van der Waals surface area contributed by atoms with Gasteiger partial charge in [-0.2, -0.15) is 0 Å². The van der Waals surface area contributed by atoms with Crippen molar-refractivity contribution in [2.45, 2.75) is 31.7 Å². The molecule has 1 heterocycles. The van der Waals surface area contributed by atoms with Gasteiger partial charge in [0.1, 0.15) is 11.8 Å². The normalized spacial score (nSPS) is 18.9. The fourth-order valence-electron chi connectivity index (χ4n) is 2.42. The summed E-state index contributed by atoms with van der Waals surface area (Å²) in [6.07, 6.45) is 3.16. The van der Waals surface area contributed by atoms with E-state index in [0.717, 1.165) is 23.7 Å². The molecule has 1 atom stereocenters. The Morgan fingerprint density at radius 1 is 1.24 bits per heavy atom. The Balaban J connectivity index is 1.96. The van der Waals surface area contributed by atoms with Crippen LogP contribution in [-0.4, -0.2) is 41.1 Å². The summed E-state index contributed by atoms with van der Waals surface area (Å²) in [4.78, 5) is 25.0. The van der Waals surface area contributed by atoms with Crippen molar-refractivity contribution in [3.05, 3.63) is 28.7 Å². The van der Waals surface area contributed by atoms with Crippen LogP contribution >= 0.6 is 15.9 Å². The topological polar surface area (TPSA) is 66.8 Å². The SMILES string of the molecule is O=C(O)C1CCCCCN1C(=O)COc1ccc(Br)cc1. The second-order valence-corrected chi connectivity index (χ2v) is 5.95. The van der Waals surface area contributed by atoms with E-state index in [9.17, 15) is 14.7 Å². The monoisotopic (exact) mass is 355 g/mol. The summed E-state index contributed by atoms with van der Waals surface area (Å²) in [6, 6.07) is 6.44. The number of carboxylic acid groups (broad SMARTS) is 1. The predicted octanol–water partition coefficient (Wildman–Crippen LogP) is 2.68. The first-order valence-electron chi connectivity index (χ1n) is 6.98.